The summed E-state index contributed by atoms with van der Waals surface area (Å²) in [7, 11) is 0. The Morgan fingerprint density at radius 1 is 1.45 bits per heavy atom. The molecule has 11 heavy (non-hydrogen) atoms. The van der Waals surface area contributed by atoms with Gasteiger partial charge in [0.1, 0.15) is 0 Å². The first-order chi connectivity index (χ1) is 5.16. The summed E-state index contributed by atoms with van der Waals surface area (Å²) in [5.41, 5.74) is 0. The van der Waals surface area contributed by atoms with E-state index in [-0.39, 0.29) is 0 Å². The zero-order chi connectivity index (χ0) is 8.69. The Balaban J connectivity index is 3.52. The molecule has 0 rings (SSSR count). The topological polar surface area (TPSA) is 0 Å². The molecular weight excluding hydrogens is 156 g/mol. The molecule has 1 atom stereocenters. The summed E-state index contributed by atoms with van der Waals surface area (Å²) in [6, 6.07) is 0. The minimum Gasteiger partial charge on any atom is -0.0917 e. The fourth-order valence-corrected chi connectivity index (χ4v) is 0.917. The molecule has 0 fully saturated rings. The second kappa shape index (κ2) is 6.48. The summed E-state index contributed by atoms with van der Waals surface area (Å²) in [5, 5.41) is 0.900. The zero-order valence-corrected chi connectivity index (χ0v) is 8.36. The Bertz CT molecular complexity index is 141. The molecule has 0 heterocycles. The van der Waals surface area contributed by atoms with Crippen LogP contribution in [0.15, 0.2) is 23.3 Å². The van der Waals surface area contributed by atoms with Gasteiger partial charge in [0.2, 0.25) is 0 Å². The quantitative estimate of drug-likeness (QED) is 0.560. The third-order valence-corrected chi connectivity index (χ3v) is 1.73. The average Bonchev–Trinajstić information content (AvgIpc) is 1.97. The summed E-state index contributed by atoms with van der Waals surface area (Å²) < 4.78 is 0. The summed E-state index contributed by atoms with van der Waals surface area (Å²) in [6.07, 6.45) is 8.60. The second-order valence-electron chi connectivity index (χ2n) is 2.94. The predicted octanol–water partition coefficient (Wildman–Crippen LogP) is 4.12. The van der Waals surface area contributed by atoms with Gasteiger partial charge >= 0.3 is 0 Å². The zero-order valence-electron chi connectivity index (χ0n) is 7.60. The second-order valence-corrected chi connectivity index (χ2v) is 3.53. The van der Waals surface area contributed by atoms with Crippen molar-refractivity contribution in [2.45, 2.75) is 33.6 Å². The summed E-state index contributed by atoms with van der Waals surface area (Å²) >= 11 is 5.70. The molecule has 64 valence electrons. The summed E-state index contributed by atoms with van der Waals surface area (Å²) in [4.78, 5) is 0. The van der Waals surface area contributed by atoms with Gasteiger partial charge in [-0.3, -0.25) is 0 Å². The fraction of sp³-hybridized carbons (Fsp3) is 0.600. The third kappa shape index (κ3) is 7.67. The van der Waals surface area contributed by atoms with Crippen LogP contribution in [0.5, 0.6) is 0 Å². The van der Waals surface area contributed by atoms with Gasteiger partial charge in [-0.15, -0.1) is 0 Å². The maximum absolute atomic E-state index is 5.70. The smallest absolute Gasteiger partial charge is 0.0110 e. The highest BCUT2D eigenvalue weighted by Crippen LogP contribution is 2.11. The Morgan fingerprint density at radius 2 is 2.09 bits per heavy atom. The Hall–Kier alpha value is -0.230. The van der Waals surface area contributed by atoms with Gasteiger partial charge in [-0.2, -0.15) is 0 Å². The van der Waals surface area contributed by atoms with Crippen LogP contribution in [0.2, 0.25) is 0 Å². The van der Waals surface area contributed by atoms with Crippen molar-refractivity contribution in [2.24, 2.45) is 5.92 Å². The maximum atomic E-state index is 5.70. The first-order valence-corrected chi connectivity index (χ1v) is 4.48. The molecule has 0 bridgehead atoms. The van der Waals surface area contributed by atoms with Crippen molar-refractivity contribution >= 4 is 11.6 Å². The molecule has 0 aromatic rings. The van der Waals surface area contributed by atoms with E-state index < -0.39 is 0 Å². The molecule has 0 N–H and O–H groups in total. The Kier molecular flexibility index (Phi) is 6.34. The largest absolute Gasteiger partial charge is 0.0917 e. The number of hydrogen-bond donors (Lipinski definition) is 0. The highest BCUT2D eigenvalue weighted by Gasteiger charge is 1.95. The molecule has 0 aromatic heterocycles. The van der Waals surface area contributed by atoms with Crippen LogP contribution in [0, 0.1) is 5.92 Å². The van der Waals surface area contributed by atoms with E-state index in [4.69, 9.17) is 11.6 Å². The lowest BCUT2D eigenvalue weighted by Gasteiger charge is -2.03. The first-order valence-electron chi connectivity index (χ1n) is 4.10. The molecular formula is C10H17Cl. The molecule has 1 heteroatoms. The van der Waals surface area contributed by atoms with Crippen molar-refractivity contribution in [3.63, 3.8) is 0 Å². The molecule has 0 radical (unpaired) electrons. The minimum atomic E-state index is 0.708. The van der Waals surface area contributed by atoms with E-state index in [0.717, 1.165) is 17.9 Å². The van der Waals surface area contributed by atoms with Crippen LogP contribution >= 0.6 is 11.6 Å². The summed E-state index contributed by atoms with van der Waals surface area (Å²) in [6.45, 7) is 6.20. The average molecular weight is 173 g/mol. The van der Waals surface area contributed by atoms with Crippen LogP contribution in [-0.4, -0.2) is 0 Å². The minimum absolute atomic E-state index is 0.708. The van der Waals surface area contributed by atoms with Gasteiger partial charge in [0, 0.05) is 5.03 Å². The van der Waals surface area contributed by atoms with Gasteiger partial charge in [-0.05, 0) is 32.6 Å². The molecule has 0 amide bonds. The maximum Gasteiger partial charge on any atom is 0.0110 e. The Morgan fingerprint density at radius 3 is 2.55 bits per heavy atom. The Labute approximate surface area is 74.9 Å². The predicted molar refractivity (Wildman–Crippen MR) is 52.8 cm³/mol. The standard InChI is InChI=1S/C10H17Cl/c1-4-5-6-9(2)7-8-10(3)11/h4-5,8-9H,6-7H2,1-3H3. The number of hydrogen-bond acceptors (Lipinski definition) is 0. The normalized spacial score (nSPS) is 15.8. The van der Waals surface area contributed by atoms with Gasteiger partial charge in [0.15, 0.2) is 0 Å². The van der Waals surface area contributed by atoms with E-state index in [0.29, 0.717) is 5.92 Å². The van der Waals surface area contributed by atoms with Gasteiger partial charge in [0.05, 0.1) is 0 Å². The van der Waals surface area contributed by atoms with Crippen molar-refractivity contribution in [3.8, 4) is 0 Å². The molecule has 0 aliphatic heterocycles. The number of halogens is 1. The van der Waals surface area contributed by atoms with E-state index in [9.17, 15) is 0 Å². The first kappa shape index (κ1) is 10.8. The van der Waals surface area contributed by atoms with E-state index >= 15 is 0 Å². The highest BCUT2D eigenvalue weighted by molar-refractivity contribution is 6.29. The lowest BCUT2D eigenvalue weighted by atomic mass is 10.0. The lowest BCUT2D eigenvalue weighted by Crippen LogP contribution is -1.89. The highest BCUT2D eigenvalue weighted by atomic mass is 35.5. The molecule has 0 saturated heterocycles. The van der Waals surface area contributed by atoms with Crippen LogP contribution in [0.4, 0.5) is 0 Å². The van der Waals surface area contributed by atoms with Crippen molar-refractivity contribution in [1.82, 2.24) is 0 Å². The number of allylic oxidation sites excluding steroid dienone is 4. The molecule has 0 aliphatic carbocycles. The lowest BCUT2D eigenvalue weighted by molar-refractivity contribution is 0.602. The van der Waals surface area contributed by atoms with Gasteiger partial charge in [-0.1, -0.05) is 36.8 Å². The van der Waals surface area contributed by atoms with Crippen LogP contribution in [0.25, 0.3) is 0 Å². The molecule has 0 nitrogen and oxygen atoms in total. The molecule has 0 spiro atoms. The van der Waals surface area contributed by atoms with Crippen molar-refractivity contribution in [1.29, 1.82) is 0 Å². The molecule has 0 aliphatic rings. The van der Waals surface area contributed by atoms with E-state index in [2.05, 4.69) is 32.1 Å². The molecule has 0 aromatic carbocycles. The molecule has 0 saturated carbocycles. The van der Waals surface area contributed by atoms with Crippen molar-refractivity contribution in [2.75, 3.05) is 0 Å². The van der Waals surface area contributed by atoms with E-state index in [1.54, 1.807) is 0 Å². The van der Waals surface area contributed by atoms with Crippen LogP contribution in [-0.2, 0) is 0 Å². The number of rotatable bonds is 4. The summed E-state index contributed by atoms with van der Waals surface area (Å²) in [5.74, 6) is 0.708. The fourth-order valence-electron chi connectivity index (χ4n) is 0.828. The SMILES string of the molecule is CC=CCC(C)CC=C(C)Cl. The van der Waals surface area contributed by atoms with Crippen LogP contribution in [0.1, 0.15) is 33.6 Å². The van der Waals surface area contributed by atoms with Gasteiger partial charge < -0.3 is 0 Å². The van der Waals surface area contributed by atoms with Crippen LogP contribution in [0.3, 0.4) is 0 Å². The van der Waals surface area contributed by atoms with Crippen molar-refractivity contribution < 1.29 is 0 Å². The van der Waals surface area contributed by atoms with Crippen molar-refractivity contribution in [3.05, 3.63) is 23.3 Å². The van der Waals surface area contributed by atoms with E-state index in [1.165, 1.54) is 0 Å². The molecule has 1 unspecified atom stereocenters. The monoisotopic (exact) mass is 172 g/mol. The van der Waals surface area contributed by atoms with Crippen LogP contribution < -0.4 is 0 Å². The van der Waals surface area contributed by atoms with Gasteiger partial charge in [0.25, 0.3) is 0 Å². The van der Waals surface area contributed by atoms with Gasteiger partial charge in [-0.25, -0.2) is 0 Å². The third-order valence-electron chi connectivity index (χ3n) is 1.58. The van der Waals surface area contributed by atoms with E-state index in [1.807, 2.05) is 6.92 Å².